The van der Waals surface area contributed by atoms with Gasteiger partial charge < -0.3 is 0 Å². The third kappa shape index (κ3) is 2.84. The summed E-state index contributed by atoms with van der Waals surface area (Å²) >= 11 is 0. The van der Waals surface area contributed by atoms with Crippen LogP contribution in [0.25, 0.3) is 11.8 Å². The van der Waals surface area contributed by atoms with Crippen LogP contribution in [0.1, 0.15) is 12.6 Å². The number of sulfone groups is 1. The highest BCUT2D eigenvalue weighted by Crippen LogP contribution is 2.11. The van der Waals surface area contributed by atoms with Gasteiger partial charge in [0.1, 0.15) is 5.69 Å². The van der Waals surface area contributed by atoms with Gasteiger partial charge >= 0.3 is 0 Å². The largest absolute Gasteiger partial charge is 0.224 e. The number of para-hydroxylation sites is 1. The first-order valence-electron chi connectivity index (χ1n) is 5.33. The summed E-state index contributed by atoms with van der Waals surface area (Å²) in [6, 6.07) is 9.49. The second-order valence-corrected chi connectivity index (χ2v) is 6.14. The molecule has 94 valence electrons. The summed E-state index contributed by atoms with van der Waals surface area (Å²) in [6.07, 6.45) is 4.35. The first-order valence-corrected chi connectivity index (χ1v) is 7.22. The van der Waals surface area contributed by atoms with Crippen LogP contribution in [0.15, 0.2) is 41.4 Å². The van der Waals surface area contributed by atoms with E-state index in [2.05, 4.69) is 10.3 Å². The summed E-state index contributed by atoms with van der Waals surface area (Å²) in [4.78, 5) is 0.266. The molecule has 0 spiro atoms. The fraction of sp³-hybridized carbons (Fsp3) is 0.167. The van der Waals surface area contributed by atoms with Crippen molar-refractivity contribution in [2.75, 3.05) is 6.26 Å². The van der Waals surface area contributed by atoms with Gasteiger partial charge in [0.25, 0.3) is 0 Å². The standard InChI is InChI=1S/C12H13N3O2S/c1-10(18(2,16)17)8-11-9-15(14-13-11)12-6-4-3-5-7-12/h3-9H,1-2H3/b10-8-. The lowest BCUT2D eigenvalue weighted by Gasteiger charge is -1.97. The Hall–Kier alpha value is -1.95. The molecule has 0 saturated carbocycles. The number of aromatic nitrogens is 3. The van der Waals surface area contributed by atoms with Crippen LogP contribution in [0, 0.1) is 0 Å². The van der Waals surface area contributed by atoms with E-state index in [4.69, 9.17) is 0 Å². The molecule has 0 aliphatic heterocycles. The van der Waals surface area contributed by atoms with Gasteiger partial charge in [-0.1, -0.05) is 23.4 Å². The first-order chi connectivity index (χ1) is 8.47. The van der Waals surface area contributed by atoms with Crippen LogP contribution in [-0.2, 0) is 9.84 Å². The Bertz CT molecular complexity index is 672. The highest BCUT2D eigenvalue weighted by atomic mass is 32.2. The van der Waals surface area contributed by atoms with E-state index in [1.165, 1.54) is 19.3 Å². The minimum Gasteiger partial charge on any atom is -0.224 e. The molecule has 1 aromatic carbocycles. The van der Waals surface area contributed by atoms with Crippen LogP contribution in [0.5, 0.6) is 0 Å². The molecule has 0 bridgehead atoms. The third-order valence-corrected chi connectivity index (χ3v) is 3.76. The molecule has 5 nitrogen and oxygen atoms in total. The lowest BCUT2D eigenvalue weighted by atomic mass is 10.3. The Balaban J connectivity index is 2.33. The number of nitrogens with zero attached hydrogens (tertiary/aromatic N) is 3. The Morgan fingerprint density at radius 3 is 2.56 bits per heavy atom. The van der Waals surface area contributed by atoms with Crippen LogP contribution >= 0.6 is 0 Å². The average molecular weight is 263 g/mol. The number of hydrogen-bond acceptors (Lipinski definition) is 4. The quantitative estimate of drug-likeness (QED) is 0.845. The van der Waals surface area contributed by atoms with Gasteiger partial charge in [0, 0.05) is 11.2 Å². The maximum atomic E-state index is 11.3. The zero-order valence-electron chi connectivity index (χ0n) is 10.1. The molecule has 1 aromatic heterocycles. The Kier molecular flexibility index (Phi) is 3.29. The van der Waals surface area contributed by atoms with Crippen molar-refractivity contribution >= 4 is 15.9 Å². The number of allylic oxidation sites excluding steroid dienone is 1. The monoisotopic (exact) mass is 263 g/mol. The molecule has 18 heavy (non-hydrogen) atoms. The van der Waals surface area contributed by atoms with E-state index in [1.54, 1.807) is 10.9 Å². The van der Waals surface area contributed by atoms with Crippen molar-refractivity contribution in [3.05, 3.63) is 47.1 Å². The van der Waals surface area contributed by atoms with Crippen molar-refractivity contribution in [3.8, 4) is 5.69 Å². The van der Waals surface area contributed by atoms with Crippen LogP contribution < -0.4 is 0 Å². The van der Waals surface area contributed by atoms with E-state index >= 15 is 0 Å². The van der Waals surface area contributed by atoms with Gasteiger partial charge in [-0.2, -0.15) is 0 Å². The second-order valence-electron chi connectivity index (χ2n) is 3.95. The van der Waals surface area contributed by atoms with Crippen molar-refractivity contribution < 1.29 is 8.42 Å². The lowest BCUT2D eigenvalue weighted by Crippen LogP contribution is -1.96. The van der Waals surface area contributed by atoms with Gasteiger partial charge in [-0.05, 0) is 25.1 Å². The normalized spacial score (nSPS) is 12.7. The molecule has 6 heteroatoms. The predicted octanol–water partition coefficient (Wildman–Crippen LogP) is 1.67. The molecule has 0 N–H and O–H groups in total. The minimum atomic E-state index is -3.17. The fourth-order valence-corrected chi connectivity index (χ4v) is 1.70. The molecule has 0 saturated heterocycles. The zero-order valence-corrected chi connectivity index (χ0v) is 10.9. The second kappa shape index (κ2) is 4.73. The van der Waals surface area contributed by atoms with E-state index in [9.17, 15) is 8.42 Å². The summed E-state index contributed by atoms with van der Waals surface area (Å²) in [6.45, 7) is 1.54. The van der Waals surface area contributed by atoms with Crippen LogP contribution in [0.3, 0.4) is 0 Å². The molecular formula is C12H13N3O2S. The molecule has 0 fully saturated rings. The minimum absolute atomic E-state index is 0.266. The Morgan fingerprint density at radius 2 is 1.94 bits per heavy atom. The predicted molar refractivity (Wildman–Crippen MR) is 69.9 cm³/mol. The summed E-state index contributed by atoms with van der Waals surface area (Å²) in [7, 11) is -3.17. The van der Waals surface area contributed by atoms with Crippen LogP contribution in [-0.4, -0.2) is 29.7 Å². The number of benzene rings is 1. The Morgan fingerprint density at radius 1 is 1.28 bits per heavy atom. The number of rotatable bonds is 3. The summed E-state index contributed by atoms with van der Waals surface area (Å²) in [5.74, 6) is 0. The summed E-state index contributed by atoms with van der Waals surface area (Å²) in [5, 5.41) is 7.87. The zero-order chi connectivity index (χ0) is 13.2. The molecule has 0 aliphatic carbocycles. The van der Waals surface area contributed by atoms with Crippen LogP contribution in [0.2, 0.25) is 0 Å². The molecule has 0 atom stereocenters. The topological polar surface area (TPSA) is 64.8 Å². The van der Waals surface area contributed by atoms with E-state index in [-0.39, 0.29) is 4.91 Å². The SMILES string of the molecule is C/C(=C/c1cn(-c2ccccc2)nn1)S(C)(=O)=O. The average Bonchev–Trinajstić information content (AvgIpc) is 2.77. The van der Waals surface area contributed by atoms with E-state index in [0.717, 1.165) is 5.69 Å². The van der Waals surface area contributed by atoms with Gasteiger partial charge in [-0.25, -0.2) is 13.1 Å². The molecule has 2 rings (SSSR count). The van der Waals surface area contributed by atoms with E-state index < -0.39 is 9.84 Å². The van der Waals surface area contributed by atoms with Crippen molar-refractivity contribution in [1.29, 1.82) is 0 Å². The Labute approximate surface area is 106 Å². The van der Waals surface area contributed by atoms with Crippen molar-refractivity contribution in [3.63, 3.8) is 0 Å². The molecular weight excluding hydrogens is 250 g/mol. The maximum absolute atomic E-state index is 11.3. The number of hydrogen-bond donors (Lipinski definition) is 0. The molecule has 0 unspecified atom stereocenters. The van der Waals surface area contributed by atoms with E-state index in [0.29, 0.717) is 5.69 Å². The summed E-state index contributed by atoms with van der Waals surface area (Å²) in [5.41, 5.74) is 1.39. The van der Waals surface area contributed by atoms with Gasteiger partial charge in [-0.3, -0.25) is 0 Å². The third-order valence-electron chi connectivity index (χ3n) is 2.47. The van der Waals surface area contributed by atoms with Gasteiger partial charge in [0.2, 0.25) is 0 Å². The van der Waals surface area contributed by atoms with Gasteiger partial charge in [0.15, 0.2) is 9.84 Å². The summed E-state index contributed by atoms with van der Waals surface area (Å²) < 4.78 is 24.2. The molecule has 0 amide bonds. The highest BCUT2D eigenvalue weighted by Gasteiger charge is 2.07. The van der Waals surface area contributed by atoms with Crippen molar-refractivity contribution in [2.45, 2.75) is 6.92 Å². The molecule has 0 radical (unpaired) electrons. The maximum Gasteiger partial charge on any atom is 0.171 e. The smallest absolute Gasteiger partial charge is 0.171 e. The highest BCUT2D eigenvalue weighted by molar-refractivity contribution is 7.94. The van der Waals surface area contributed by atoms with E-state index in [1.807, 2.05) is 30.3 Å². The van der Waals surface area contributed by atoms with Gasteiger partial charge in [-0.15, -0.1) is 5.10 Å². The molecule has 2 aromatic rings. The van der Waals surface area contributed by atoms with Crippen molar-refractivity contribution in [1.82, 2.24) is 15.0 Å². The van der Waals surface area contributed by atoms with Crippen LogP contribution in [0.4, 0.5) is 0 Å². The first kappa shape index (κ1) is 12.5. The lowest BCUT2D eigenvalue weighted by molar-refractivity contribution is 0.608. The fourth-order valence-electron chi connectivity index (χ4n) is 1.37. The molecule has 1 heterocycles. The molecule has 0 aliphatic rings. The van der Waals surface area contributed by atoms with Gasteiger partial charge in [0.05, 0.1) is 11.9 Å². The van der Waals surface area contributed by atoms with Crippen molar-refractivity contribution in [2.24, 2.45) is 0 Å².